The zero-order chi connectivity index (χ0) is 12.4. The number of imide groups is 1. The molecule has 0 bridgehead atoms. The normalized spacial score (nSPS) is 16.5. The minimum atomic E-state index is -1.02. The van der Waals surface area contributed by atoms with Crippen molar-refractivity contribution in [2.75, 3.05) is 13.1 Å². The van der Waals surface area contributed by atoms with Gasteiger partial charge in [0.2, 0.25) is 11.8 Å². The van der Waals surface area contributed by atoms with Crippen molar-refractivity contribution in [2.45, 2.75) is 6.54 Å². The second kappa shape index (κ2) is 4.58. The molecule has 1 aromatic rings. The van der Waals surface area contributed by atoms with Gasteiger partial charge in [-0.15, -0.1) is 0 Å². The van der Waals surface area contributed by atoms with E-state index in [1.165, 1.54) is 12.1 Å². The molecular weight excluding hydrogens is 230 g/mol. The third-order valence-corrected chi connectivity index (χ3v) is 2.51. The molecular formula is C11H10F2N2O2. The Hall–Kier alpha value is -1.82. The Morgan fingerprint density at radius 3 is 2.47 bits per heavy atom. The van der Waals surface area contributed by atoms with Crippen LogP contribution in [0, 0.1) is 11.6 Å². The van der Waals surface area contributed by atoms with Crippen molar-refractivity contribution in [1.82, 2.24) is 10.2 Å². The summed E-state index contributed by atoms with van der Waals surface area (Å²) in [6.07, 6.45) is 0. The fourth-order valence-electron chi connectivity index (χ4n) is 1.62. The standard InChI is InChI=1S/C11H10F2N2O2/c12-8-3-1-2-7(11(8)13)6-15-9(16)4-14-5-10(15)17/h1-3,14H,4-6H2. The molecule has 17 heavy (non-hydrogen) atoms. The Kier molecular flexibility index (Phi) is 3.14. The predicted molar refractivity (Wildman–Crippen MR) is 54.8 cm³/mol. The van der Waals surface area contributed by atoms with E-state index in [4.69, 9.17) is 0 Å². The van der Waals surface area contributed by atoms with E-state index in [1.54, 1.807) is 0 Å². The summed E-state index contributed by atoms with van der Waals surface area (Å²) in [4.78, 5) is 23.8. The molecule has 2 amide bonds. The molecule has 6 heteroatoms. The summed E-state index contributed by atoms with van der Waals surface area (Å²) in [6.45, 7) is -0.172. The zero-order valence-corrected chi connectivity index (χ0v) is 8.87. The van der Waals surface area contributed by atoms with E-state index < -0.39 is 23.4 Å². The van der Waals surface area contributed by atoms with Gasteiger partial charge in [-0.2, -0.15) is 0 Å². The fourth-order valence-corrected chi connectivity index (χ4v) is 1.62. The maximum Gasteiger partial charge on any atom is 0.243 e. The second-order valence-electron chi connectivity index (χ2n) is 3.69. The van der Waals surface area contributed by atoms with E-state index in [1.807, 2.05) is 0 Å². The van der Waals surface area contributed by atoms with Crippen molar-refractivity contribution in [1.29, 1.82) is 0 Å². The lowest BCUT2D eigenvalue weighted by Gasteiger charge is -2.25. The highest BCUT2D eigenvalue weighted by atomic mass is 19.2. The summed E-state index contributed by atoms with van der Waals surface area (Å²) in [7, 11) is 0. The first-order valence-corrected chi connectivity index (χ1v) is 5.06. The number of hydrogen-bond acceptors (Lipinski definition) is 3. The number of nitrogens with one attached hydrogen (secondary N) is 1. The summed E-state index contributed by atoms with van der Waals surface area (Å²) in [5.74, 6) is -2.89. The van der Waals surface area contributed by atoms with Crippen molar-refractivity contribution in [2.24, 2.45) is 0 Å². The average Bonchev–Trinajstić information content (AvgIpc) is 2.29. The van der Waals surface area contributed by atoms with Crippen LogP contribution in [0.5, 0.6) is 0 Å². The molecule has 0 radical (unpaired) electrons. The summed E-state index contributed by atoms with van der Waals surface area (Å²) in [5.41, 5.74) is -0.00593. The van der Waals surface area contributed by atoms with E-state index in [0.717, 1.165) is 11.0 Å². The molecule has 90 valence electrons. The van der Waals surface area contributed by atoms with Gasteiger partial charge in [0.15, 0.2) is 11.6 Å². The van der Waals surface area contributed by atoms with Crippen LogP contribution in [0.1, 0.15) is 5.56 Å². The van der Waals surface area contributed by atoms with Crippen LogP contribution in [0.4, 0.5) is 8.78 Å². The van der Waals surface area contributed by atoms with Gasteiger partial charge in [-0.05, 0) is 6.07 Å². The second-order valence-corrected chi connectivity index (χ2v) is 3.69. The molecule has 2 rings (SSSR count). The average molecular weight is 240 g/mol. The van der Waals surface area contributed by atoms with Crippen LogP contribution in [0.3, 0.4) is 0 Å². The first kappa shape index (κ1) is 11.7. The molecule has 4 nitrogen and oxygen atoms in total. The van der Waals surface area contributed by atoms with Crippen LogP contribution in [0.2, 0.25) is 0 Å². The van der Waals surface area contributed by atoms with Gasteiger partial charge in [0.1, 0.15) is 0 Å². The van der Waals surface area contributed by atoms with E-state index >= 15 is 0 Å². The van der Waals surface area contributed by atoms with E-state index in [-0.39, 0.29) is 25.2 Å². The first-order chi connectivity index (χ1) is 8.09. The molecule has 0 saturated carbocycles. The number of nitrogens with zero attached hydrogens (tertiary/aromatic N) is 1. The molecule has 1 aromatic carbocycles. The van der Waals surface area contributed by atoms with Gasteiger partial charge in [0.25, 0.3) is 0 Å². The number of amides is 2. The summed E-state index contributed by atoms with van der Waals surface area (Å²) < 4.78 is 26.3. The van der Waals surface area contributed by atoms with Crippen molar-refractivity contribution >= 4 is 11.8 Å². The van der Waals surface area contributed by atoms with E-state index in [9.17, 15) is 18.4 Å². The molecule has 0 aliphatic carbocycles. The zero-order valence-electron chi connectivity index (χ0n) is 8.87. The predicted octanol–water partition coefficient (Wildman–Crippen LogP) is 0.423. The minimum Gasteiger partial charge on any atom is -0.300 e. The Bertz CT molecular complexity index is 461. The lowest BCUT2D eigenvalue weighted by atomic mass is 10.1. The highest BCUT2D eigenvalue weighted by molar-refractivity contribution is 5.99. The van der Waals surface area contributed by atoms with Crippen LogP contribution in [-0.4, -0.2) is 29.8 Å². The van der Waals surface area contributed by atoms with Crippen LogP contribution >= 0.6 is 0 Å². The lowest BCUT2D eigenvalue weighted by molar-refractivity contribution is -0.147. The largest absolute Gasteiger partial charge is 0.300 e. The molecule has 0 unspecified atom stereocenters. The summed E-state index contributed by atoms with van der Waals surface area (Å²) in [5, 5.41) is 2.62. The van der Waals surface area contributed by atoms with Gasteiger partial charge in [0, 0.05) is 5.56 Å². The summed E-state index contributed by atoms with van der Waals surface area (Å²) >= 11 is 0. The molecule has 1 N–H and O–H groups in total. The number of carbonyl (C=O) groups excluding carboxylic acids is 2. The molecule has 1 saturated heterocycles. The van der Waals surface area contributed by atoms with Gasteiger partial charge in [-0.3, -0.25) is 19.8 Å². The third kappa shape index (κ3) is 2.31. The monoisotopic (exact) mass is 240 g/mol. The number of rotatable bonds is 2. The molecule has 1 aliphatic heterocycles. The summed E-state index contributed by atoms with van der Waals surface area (Å²) in [6, 6.07) is 3.67. The Morgan fingerprint density at radius 1 is 1.18 bits per heavy atom. The van der Waals surface area contributed by atoms with Crippen molar-refractivity contribution in [3.8, 4) is 0 Å². The number of piperazine rings is 1. The number of hydrogen-bond donors (Lipinski definition) is 1. The number of halogens is 2. The smallest absolute Gasteiger partial charge is 0.243 e. The SMILES string of the molecule is O=C1CNCC(=O)N1Cc1cccc(F)c1F. The van der Waals surface area contributed by atoms with Crippen molar-refractivity contribution in [3.63, 3.8) is 0 Å². The topological polar surface area (TPSA) is 49.4 Å². The maximum absolute atomic E-state index is 13.4. The van der Waals surface area contributed by atoms with Crippen LogP contribution in [0.25, 0.3) is 0 Å². The quantitative estimate of drug-likeness (QED) is 0.762. The van der Waals surface area contributed by atoms with Crippen LogP contribution in [0.15, 0.2) is 18.2 Å². The van der Waals surface area contributed by atoms with Crippen LogP contribution < -0.4 is 5.32 Å². The maximum atomic E-state index is 13.4. The number of carbonyl (C=O) groups is 2. The lowest BCUT2D eigenvalue weighted by Crippen LogP contribution is -2.51. The van der Waals surface area contributed by atoms with E-state index in [0.29, 0.717) is 0 Å². The fraction of sp³-hybridized carbons (Fsp3) is 0.273. The minimum absolute atomic E-state index is 0.00593. The molecule has 1 fully saturated rings. The molecule has 0 atom stereocenters. The third-order valence-electron chi connectivity index (χ3n) is 2.51. The van der Waals surface area contributed by atoms with Crippen molar-refractivity contribution in [3.05, 3.63) is 35.4 Å². The Morgan fingerprint density at radius 2 is 1.82 bits per heavy atom. The molecule has 0 aromatic heterocycles. The molecule has 0 spiro atoms. The van der Waals surface area contributed by atoms with E-state index in [2.05, 4.69) is 5.32 Å². The van der Waals surface area contributed by atoms with Gasteiger partial charge in [-0.1, -0.05) is 12.1 Å². The Balaban J connectivity index is 2.22. The molecule has 1 heterocycles. The highest BCUT2D eigenvalue weighted by Gasteiger charge is 2.26. The first-order valence-electron chi connectivity index (χ1n) is 5.06. The molecule has 1 aliphatic rings. The van der Waals surface area contributed by atoms with Gasteiger partial charge < -0.3 is 0 Å². The van der Waals surface area contributed by atoms with Crippen LogP contribution in [-0.2, 0) is 16.1 Å². The van der Waals surface area contributed by atoms with Gasteiger partial charge in [0.05, 0.1) is 19.6 Å². The number of benzene rings is 1. The Labute approximate surface area is 96.2 Å². The van der Waals surface area contributed by atoms with Gasteiger partial charge >= 0.3 is 0 Å². The van der Waals surface area contributed by atoms with Crippen molar-refractivity contribution < 1.29 is 18.4 Å². The highest BCUT2D eigenvalue weighted by Crippen LogP contribution is 2.14. The van der Waals surface area contributed by atoms with Gasteiger partial charge in [-0.25, -0.2) is 8.78 Å².